The van der Waals surface area contributed by atoms with Crippen LogP contribution in [0.1, 0.15) is 32.3 Å². The second kappa shape index (κ2) is 7.45. The zero-order valence-corrected chi connectivity index (χ0v) is 14.1. The van der Waals surface area contributed by atoms with Crippen LogP contribution in [0.5, 0.6) is 0 Å². The van der Waals surface area contributed by atoms with Gasteiger partial charge in [-0.15, -0.1) is 0 Å². The van der Waals surface area contributed by atoms with E-state index in [-0.39, 0.29) is 23.0 Å². The summed E-state index contributed by atoms with van der Waals surface area (Å²) in [6, 6.07) is 2.78. The maximum atomic E-state index is 12.2. The van der Waals surface area contributed by atoms with Crippen molar-refractivity contribution in [2.75, 3.05) is 12.3 Å². The van der Waals surface area contributed by atoms with Crippen LogP contribution in [0.25, 0.3) is 0 Å². The second-order valence-electron chi connectivity index (χ2n) is 5.14. The lowest BCUT2D eigenvalue weighted by Crippen LogP contribution is -2.36. The van der Waals surface area contributed by atoms with Crippen molar-refractivity contribution in [3.63, 3.8) is 0 Å². The van der Waals surface area contributed by atoms with Gasteiger partial charge in [0, 0.05) is 6.54 Å². The highest BCUT2D eigenvalue weighted by molar-refractivity contribution is 7.89. The van der Waals surface area contributed by atoms with E-state index in [1.165, 1.54) is 12.1 Å². The van der Waals surface area contributed by atoms with Gasteiger partial charge in [0.05, 0.1) is 21.7 Å². The number of hydrogen-bond acceptors (Lipinski definition) is 4. The SMILES string of the molecule is CCC(CC)C(O)CNS(=O)(=O)c1cc(C)c(Cl)c(N)c1. The predicted octanol–water partition coefficient (Wildman–Crippen LogP) is 2.31. The Kier molecular flexibility index (Phi) is 6.46. The summed E-state index contributed by atoms with van der Waals surface area (Å²) in [5.41, 5.74) is 6.51. The lowest BCUT2D eigenvalue weighted by Gasteiger charge is -2.20. The minimum Gasteiger partial charge on any atom is -0.397 e. The first kappa shape index (κ1) is 18.2. The first-order valence-corrected chi connectivity index (χ1v) is 8.82. The van der Waals surface area contributed by atoms with Gasteiger partial charge < -0.3 is 10.8 Å². The fourth-order valence-electron chi connectivity index (χ4n) is 2.20. The molecule has 4 N–H and O–H groups in total. The predicted molar refractivity (Wildman–Crippen MR) is 85.9 cm³/mol. The van der Waals surface area contributed by atoms with E-state index in [1.807, 2.05) is 13.8 Å². The van der Waals surface area contributed by atoms with Gasteiger partial charge in [-0.3, -0.25) is 0 Å². The van der Waals surface area contributed by atoms with Gasteiger partial charge in [-0.1, -0.05) is 38.3 Å². The average molecular weight is 335 g/mol. The molecule has 21 heavy (non-hydrogen) atoms. The van der Waals surface area contributed by atoms with Crippen molar-refractivity contribution in [2.24, 2.45) is 5.92 Å². The molecule has 0 aliphatic rings. The van der Waals surface area contributed by atoms with Gasteiger partial charge in [0.1, 0.15) is 0 Å². The number of anilines is 1. The Morgan fingerprint density at radius 3 is 2.38 bits per heavy atom. The normalized spacial score (nSPS) is 13.6. The first-order chi connectivity index (χ1) is 9.72. The van der Waals surface area contributed by atoms with Crippen LogP contribution in [0.4, 0.5) is 5.69 Å². The quantitative estimate of drug-likeness (QED) is 0.667. The molecule has 1 aromatic rings. The van der Waals surface area contributed by atoms with Gasteiger partial charge in [-0.25, -0.2) is 13.1 Å². The Morgan fingerprint density at radius 1 is 1.33 bits per heavy atom. The van der Waals surface area contributed by atoms with Gasteiger partial charge in [0.2, 0.25) is 10.0 Å². The molecule has 0 heterocycles. The molecule has 0 aliphatic heterocycles. The van der Waals surface area contributed by atoms with E-state index >= 15 is 0 Å². The summed E-state index contributed by atoms with van der Waals surface area (Å²) in [4.78, 5) is 0.0543. The topological polar surface area (TPSA) is 92.4 Å². The summed E-state index contributed by atoms with van der Waals surface area (Å²) in [6.45, 7) is 5.61. The summed E-state index contributed by atoms with van der Waals surface area (Å²) >= 11 is 5.93. The molecule has 5 nitrogen and oxygen atoms in total. The van der Waals surface area contributed by atoms with Gasteiger partial charge >= 0.3 is 0 Å². The number of nitrogens with one attached hydrogen (secondary N) is 1. The van der Waals surface area contributed by atoms with E-state index < -0.39 is 16.1 Å². The zero-order valence-electron chi connectivity index (χ0n) is 12.6. The summed E-state index contributed by atoms with van der Waals surface area (Å²) in [5, 5.41) is 10.4. The minimum absolute atomic E-state index is 0.0176. The Morgan fingerprint density at radius 2 is 1.90 bits per heavy atom. The summed E-state index contributed by atoms with van der Waals surface area (Å²) in [5.74, 6) is 0.0738. The number of sulfonamides is 1. The molecule has 120 valence electrons. The third-order valence-electron chi connectivity index (χ3n) is 3.64. The molecule has 0 radical (unpaired) electrons. The number of halogens is 1. The van der Waals surface area contributed by atoms with Gasteiger partial charge in [0.25, 0.3) is 0 Å². The number of benzene rings is 1. The number of nitrogens with two attached hydrogens (primary N) is 1. The molecular formula is C14H23ClN2O3S. The van der Waals surface area contributed by atoms with Crippen molar-refractivity contribution in [1.29, 1.82) is 0 Å². The molecule has 0 saturated carbocycles. The maximum absolute atomic E-state index is 12.2. The second-order valence-corrected chi connectivity index (χ2v) is 7.28. The number of aliphatic hydroxyl groups is 1. The summed E-state index contributed by atoms with van der Waals surface area (Å²) in [7, 11) is -3.72. The Balaban J connectivity index is 2.88. The van der Waals surface area contributed by atoms with Crippen molar-refractivity contribution in [1.82, 2.24) is 4.72 Å². The molecule has 0 aromatic heterocycles. The lowest BCUT2D eigenvalue weighted by molar-refractivity contribution is 0.107. The van der Waals surface area contributed by atoms with Gasteiger partial charge in [-0.05, 0) is 30.5 Å². The van der Waals surface area contributed by atoms with Crippen LogP contribution >= 0.6 is 11.6 Å². The van der Waals surface area contributed by atoms with Crippen LogP contribution in [0.3, 0.4) is 0 Å². The Bertz CT molecular complexity index is 563. The van der Waals surface area contributed by atoms with Crippen molar-refractivity contribution in [3.05, 3.63) is 22.7 Å². The molecule has 1 atom stereocenters. The van der Waals surface area contributed by atoms with Crippen molar-refractivity contribution in [2.45, 2.75) is 44.6 Å². The molecular weight excluding hydrogens is 312 g/mol. The van der Waals surface area contributed by atoms with Crippen LogP contribution < -0.4 is 10.5 Å². The fraction of sp³-hybridized carbons (Fsp3) is 0.571. The molecule has 1 unspecified atom stereocenters. The van der Waals surface area contributed by atoms with E-state index in [9.17, 15) is 13.5 Å². The third kappa shape index (κ3) is 4.57. The highest BCUT2D eigenvalue weighted by Gasteiger charge is 2.21. The minimum atomic E-state index is -3.72. The molecule has 0 amide bonds. The van der Waals surface area contributed by atoms with E-state index in [4.69, 9.17) is 17.3 Å². The number of aliphatic hydroxyl groups excluding tert-OH is 1. The van der Waals surface area contributed by atoms with Crippen molar-refractivity contribution >= 4 is 27.3 Å². The molecule has 1 aromatic carbocycles. The maximum Gasteiger partial charge on any atom is 0.240 e. The highest BCUT2D eigenvalue weighted by atomic mass is 35.5. The summed E-state index contributed by atoms with van der Waals surface area (Å²) < 4.78 is 26.9. The Hall–Kier alpha value is -0.820. The number of hydrogen-bond donors (Lipinski definition) is 3. The molecule has 0 bridgehead atoms. The van der Waals surface area contributed by atoms with Crippen molar-refractivity contribution < 1.29 is 13.5 Å². The van der Waals surface area contributed by atoms with Crippen LogP contribution in [0, 0.1) is 12.8 Å². The molecule has 0 fully saturated rings. The van der Waals surface area contributed by atoms with E-state index in [1.54, 1.807) is 6.92 Å². The summed E-state index contributed by atoms with van der Waals surface area (Å²) in [6.07, 6.45) is 0.888. The third-order valence-corrected chi connectivity index (χ3v) is 5.56. The van der Waals surface area contributed by atoms with Crippen LogP contribution in [-0.2, 0) is 10.0 Å². The van der Waals surface area contributed by atoms with E-state index in [0.29, 0.717) is 10.6 Å². The van der Waals surface area contributed by atoms with Gasteiger partial charge in [-0.2, -0.15) is 0 Å². The lowest BCUT2D eigenvalue weighted by atomic mass is 9.97. The molecule has 1 rings (SSSR count). The molecule has 0 spiro atoms. The first-order valence-electron chi connectivity index (χ1n) is 6.96. The molecule has 7 heteroatoms. The number of aryl methyl sites for hydroxylation is 1. The van der Waals surface area contributed by atoms with Gasteiger partial charge in [0.15, 0.2) is 0 Å². The van der Waals surface area contributed by atoms with E-state index in [0.717, 1.165) is 12.8 Å². The zero-order chi connectivity index (χ0) is 16.2. The molecule has 0 saturated heterocycles. The Labute approximate surface area is 131 Å². The smallest absolute Gasteiger partial charge is 0.240 e. The van der Waals surface area contributed by atoms with E-state index in [2.05, 4.69) is 4.72 Å². The number of rotatable bonds is 7. The number of nitrogen functional groups attached to an aromatic ring is 1. The standard InChI is InChI=1S/C14H23ClN2O3S/c1-4-10(5-2)13(18)8-17-21(19,20)11-6-9(3)14(15)12(16)7-11/h6-7,10,13,17-18H,4-5,8,16H2,1-3H3. The average Bonchev–Trinajstić information content (AvgIpc) is 2.43. The largest absolute Gasteiger partial charge is 0.397 e. The highest BCUT2D eigenvalue weighted by Crippen LogP contribution is 2.26. The van der Waals surface area contributed by atoms with Crippen LogP contribution in [0.15, 0.2) is 17.0 Å². The molecule has 0 aliphatic carbocycles. The fourth-order valence-corrected chi connectivity index (χ4v) is 3.48. The van der Waals surface area contributed by atoms with Crippen LogP contribution in [0.2, 0.25) is 5.02 Å². The van der Waals surface area contributed by atoms with Crippen molar-refractivity contribution in [3.8, 4) is 0 Å². The van der Waals surface area contributed by atoms with Crippen LogP contribution in [-0.4, -0.2) is 26.2 Å². The monoisotopic (exact) mass is 334 g/mol.